The van der Waals surface area contributed by atoms with Gasteiger partial charge >= 0.3 is 0 Å². The summed E-state index contributed by atoms with van der Waals surface area (Å²) in [5, 5.41) is 21.5. The van der Waals surface area contributed by atoms with E-state index in [0.717, 1.165) is 43.7 Å². The number of aliphatic hydroxyl groups is 1. The minimum Gasteiger partial charge on any atom is -0.390 e. The van der Waals surface area contributed by atoms with Crippen LogP contribution in [0.15, 0.2) is 54.6 Å². The molecule has 4 rings (SSSR count). The molecule has 2 amide bonds. The lowest BCUT2D eigenvalue weighted by molar-refractivity contribution is 0.0588. The van der Waals surface area contributed by atoms with Crippen molar-refractivity contribution >= 4 is 11.8 Å². The summed E-state index contributed by atoms with van der Waals surface area (Å²) in [6.45, 7) is 5.33. The first kappa shape index (κ1) is 31.3. The molecule has 3 aromatic rings. The molecule has 0 bridgehead atoms. The standard InChI is InChI=1S/C32H41F2N5O3/c1-3-10-26-13-8-9-14-38(26)32(42)29-19-28(37-39(29)4-2)31(41)36-27(17-22-11-6-5-7-12-22)30(40)21-35-20-23-15-24(33)18-25(34)16-23/h5-7,11-12,15-16,18-19,26-27,30,35,40H,3-4,8-10,13-14,17,20-21H2,1-2H3,(H,36,41)/t26?,27-,30-/m0/s1. The maximum absolute atomic E-state index is 13.6. The predicted molar refractivity (Wildman–Crippen MR) is 157 cm³/mol. The van der Waals surface area contributed by atoms with E-state index in [9.17, 15) is 23.5 Å². The first-order chi connectivity index (χ1) is 20.3. The summed E-state index contributed by atoms with van der Waals surface area (Å²) in [4.78, 5) is 29.0. The predicted octanol–water partition coefficient (Wildman–Crippen LogP) is 4.47. The van der Waals surface area contributed by atoms with Crippen molar-refractivity contribution < 1.29 is 23.5 Å². The smallest absolute Gasteiger partial charge is 0.272 e. The molecule has 3 atom stereocenters. The molecule has 0 saturated carbocycles. The fraction of sp³-hybridized carbons (Fsp3) is 0.469. The van der Waals surface area contributed by atoms with Gasteiger partial charge in [-0.2, -0.15) is 5.10 Å². The first-order valence-electron chi connectivity index (χ1n) is 14.9. The number of benzene rings is 2. The molecule has 1 aliphatic heterocycles. The van der Waals surface area contributed by atoms with E-state index in [4.69, 9.17) is 0 Å². The Morgan fingerprint density at radius 1 is 1.05 bits per heavy atom. The highest BCUT2D eigenvalue weighted by Gasteiger charge is 2.31. The lowest BCUT2D eigenvalue weighted by Gasteiger charge is -2.35. The molecule has 2 heterocycles. The Kier molecular flexibility index (Phi) is 11.2. The highest BCUT2D eigenvalue weighted by molar-refractivity contribution is 5.98. The van der Waals surface area contributed by atoms with Gasteiger partial charge < -0.3 is 20.6 Å². The number of piperidine rings is 1. The maximum Gasteiger partial charge on any atom is 0.272 e. The van der Waals surface area contributed by atoms with Crippen LogP contribution in [0.3, 0.4) is 0 Å². The van der Waals surface area contributed by atoms with Crippen LogP contribution in [0.5, 0.6) is 0 Å². The van der Waals surface area contributed by atoms with Crippen molar-refractivity contribution in [2.75, 3.05) is 13.1 Å². The third-order valence-corrected chi connectivity index (χ3v) is 7.73. The van der Waals surface area contributed by atoms with Crippen molar-refractivity contribution in [1.82, 2.24) is 25.3 Å². The number of hydrogen-bond donors (Lipinski definition) is 3. The average Bonchev–Trinajstić information content (AvgIpc) is 3.42. The summed E-state index contributed by atoms with van der Waals surface area (Å²) < 4.78 is 28.7. The molecule has 0 aliphatic carbocycles. The molecule has 3 N–H and O–H groups in total. The van der Waals surface area contributed by atoms with Crippen LogP contribution < -0.4 is 10.6 Å². The van der Waals surface area contributed by atoms with Crippen LogP contribution in [0, 0.1) is 11.6 Å². The van der Waals surface area contributed by atoms with Gasteiger partial charge in [-0.05, 0) is 62.3 Å². The Morgan fingerprint density at radius 3 is 2.48 bits per heavy atom. The van der Waals surface area contributed by atoms with Gasteiger partial charge in [0.05, 0.1) is 12.1 Å². The van der Waals surface area contributed by atoms with Crippen LogP contribution in [0.2, 0.25) is 0 Å². The van der Waals surface area contributed by atoms with E-state index in [2.05, 4.69) is 22.7 Å². The minimum atomic E-state index is -1.02. The summed E-state index contributed by atoms with van der Waals surface area (Å²) >= 11 is 0. The highest BCUT2D eigenvalue weighted by Crippen LogP contribution is 2.23. The molecule has 226 valence electrons. The van der Waals surface area contributed by atoms with Gasteiger partial charge in [-0.1, -0.05) is 43.7 Å². The van der Waals surface area contributed by atoms with Gasteiger partial charge in [0, 0.05) is 44.4 Å². The van der Waals surface area contributed by atoms with E-state index >= 15 is 0 Å². The molecule has 1 aliphatic rings. The second-order valence-electron chi connectivity index (χ2n) is 10.9. The summed E-state index contributed by atoms with van der Waals surface area (Å²) in [5.74, 6) is -1.95. The van der Waals surface area contributed by atoms with Crippen molar-refractivity contribution in [1.29, 1.82) is 0 Å². The van der Waals surface area contributed by atoms with E-state index in [1.54, 1.807) is 10.7 Å². The number of carbonyl (C=O) groups excluding carboxylic acids is 2. The van der Waals surface area contributed by atoms with Crippen LogP contribution in [0.1, 0.15) is 78.1 Å². The summed E-state index contributed by atoms with van der Waals surface area (Å²) in [6.07, 6.45) is 4.31. The molecule has 1 unspecified atom stereocenters. The summed E-state index contributed by atoms with van der Waals surface area (Å²) in [7, 11) is 0. The SMILES string of the molecule is CCCC1CCCCN1C(=O)c1cc(C(=O)N[C@@H](Cc2ccccc2)[C@@H](O)CNCc2cc(F)cc(F)c2)nn1CC. The van der Waals surface area contributed by atoms with Gasteiger partial charge in [-0.25, -0.2) is 8.78 Å². The Balaban J connectivity index is 1.48. The molecule has 0 spiro atoms. The highest BCUT2D eigenvalue weighted by atomic mass is 19.1. The molecular formula is C32H41F2N5O3. The number of halogens is 2. The summed E-state index contributed by atoms with van der Waals surface area (Å²) in [5.41, 5.74) is 1.81. The van der Waals surface area contributed by atoms with Crippen LogP contribution in [0.4, 0.5) is 8.78 Å². The second-order valence-corrected chi connectivity index (χ2v) is 10.9. The third kappa shape index (κ3) is 8.23. The van der Waals surface area contributed by atoms with E-state index in [1.165, 1.54) is 12.1 Å². The van der Waals surface area contributed by atoms with Crippen molar-refractivity contribution in [3.63, 3.8) is 0 Å². The lowest BCUT2D eigenvalue weighted by Crippen LogP contribution is -2.48. The van der Waals surface area contributed by atoms with Crippen LogP contribution in [0.25, 0.3) is 0 Å². The van der Waals surface area contributed by atoms with Crippen LogP contribution in [-0.4, -0.2) is 62.9 Å². The Labute approximate surface area is 246 Å². The zero-order valence-corrected chi connectivity index (χ0v) is 24.4. The molecule has 1 aromatic heterocycles. The summed E-state index contributed by atoms with van der Waals surface area (Å²) in [6, 6.07) is 13.7. The van der Waals surface area contributed by atoms with Gasteiger partial charge in [0.2, 0.25) is 0 Å². The van der Waals surface area contributed by atoms with Crippen molar-refractivity contribution in [2.45, 2.75) is 83.6 Å². The second kappa shape index (κ2) is 15.0. The Hall–Kier alpha value is -3.63. The number of carbonyl (C=O) groups is 2. The molecule has 42 heavy (non-hydrogen) atoms. The first-order valence-corrected chi connectivity index (χ1v) is 14.9. The molecule has 1 fully saturated rings. The lowest BCUT2D eigenvalue weighted by atomic mass is 9.98. The van der Waals surface area contributed by atoms with E-state index in [-0.39, 0.29) is 30.7 Å². The van der Waals surface area contributed by atoms with Gasteiger partial charge in [0.15, 0.2) is 5.69 Å². The number of rotatable bonds is 13. The zero-order valence-electron chi connectivity index (χ0n) is 24.4. The molecular weight excluding hydrogens is 540 g/mol. The number of likely N-dealkylation sites (tertiary alicyclic amines) is 1. The topological polar surface area (TPSA) is 99.5 Å². The quantitative estimate of drug-likeness (QED) is 0.277. The van der Waals surface area contributed by atoms with Gasteiger partial charge in [0.1, 0.15) is 17.3 Å². The minimum absolute atomic E-state index is 0.0663. The number of aryl methyl sites for hydroxylation is 1. The fourth-order valence-electron chi connectivity index (χ4n) is 5.60. The average molecular weight is 582 g/mol. The normalized spacial score (nSPS) is 16.7. The van der Waals surface area contributed by atoms with Crippen molar-refractivity contribution in [2.24, 2.45) is 0 Å². The largest absolute Gasteiger partial charge is 0.390 e. The van der Waals surface area contributed by atoms with Gasteiger partial charge in [-0.15, -0.1) is 0 Å². The number of nitrogens with zero attached hydrogens (tertiary/aromatic N) is 3. The monoisotopic (exact) mass is 581 g/mol. The number of amides is 2. The molecule has 2 aromatic carbocycles. The fourth-order valence-corrected chi connectivity index (χ4v) is 5.60. The van der Waals surface area contributed by atoms with Crippen LogP contribution >= 0.6 is 0 Å². The number of aliphatic hydroxyl groups excluding tert-OH is 1. The van der Waals surface area contributed by atoms with E-state index in [1.807, 2.05) is 42.2 Å². The molecule has 1 saturated heterocycles. The molecule has 8 nitrogen and oxygen atoms in total. The third-order valence-electron chi connectivity index (χ3n) is 7.73. The van der Waals surface area contributed by atoms with E-state index < -0.39 is 29.7 Å². The van der Waals surface area contributed by atoms with E-state index in [0.29, 0.717) is 30.8 Å². The Morgan fingerprint density at radius 2 is 1.79 bits per heavy atom. The number of nitrogens with one attached hydrogen (secondary N) is 2. The van der Waals surface area contributed by atoms with Crippen LogP contribution in [-0.2, 0) is 19.5 Å². The molecule has 10 heteroatoms. The number of aromatic nitrogens is 2. The zero-order chi connectivity index (χ0) is 30.1. The van der Waals surface area contributed by atoms with Gasteiger partial charge in [-0.3, -0.25) is 14.3 Å². The maximum atomic E-state index is 13.6. The van der Waals surface area contributed by atoms with Gasteiger partial charge in [0.25, 0.3) is 11.8 Å². The number of hydrogen-bond acceptors (Lipinski definition) is 5. The van der Waals surface area contributed by atoms with Crippen molar-refractivity contribution in [3.05, 3.63) is 88.7 Å². The Bertz CT molecular complexity index is 1310. The molecule has 0 radical (unpaired) electrons. The van der Waals surface area contributed by atoms with Crippen molar-refractivity contribution in [3.8, 4) is 0 Å².